The van der Waals surface area contributed by atoms with Gasteiger partial charge in [0.25, 0.3) is 0 Å². The van der Waals surface area contributed by atoms with Crippen LogP contribution in [0.25, 0.3) is 0 Å². The van der Waals surface area contributed by atoms with Crippen molar-refractivity contribution in [3.8, 4) is 0 Å². The first-order valence-corrected chi connectivity index (χ1v) is 22.7. The molecule has 0 aliphatic carbocycles. The molecule has 0 spiro atoms. The molecule has 316 valence electrons. The zero-order valence-corrected chi connectivity index (χ0v) is 35.8. The summed E-state index contributed by atoms with van der Waals surface area (Å²) >= 11 is 0. The fourth-order valence-electron chi connectivity index (χ4n) is 6.33. The van der Waals surface area contributed by atoms with Gasteiger partial charge < -0.3 is 20.3 Å². The van der Waals surface area contributed by atoms with E-state index in [0.717, 1.165) is 83.5 Å². The van der Waals surface area contributed by atoms with Crippen molar-refractivity contribution >= 4 is 11.9 Å². The van der Waals surface area contributed by atoms with Crippen molar-refractivity contribution in [2.75, 3.05) is 6.61 Å². The highest BCUT2D eigenvalue weighted by Crippen LogP contribution is 2.15. The molecule has 0 aromatic rings. The van der Waals surface area contributed by atoms with Crippen molar-refractivity contribution < 1.29 is 24.5 Å². The van der Waals surface area contributed by atoms with Crippen LogP contribution >= 0.6 is 0 Å². The Hall–Kier alpha value is -2.70. The van der Waals surface area contributed by atoms with Crippen molar-refractivity contribution in [2.24, 2.45) is 0 Å². The van der Waals surface area contributed by atoms with Gasteiger partial charge in [0, 0.05) is 12.8 Å². The molecule has 3 N–H and O–H groups in total. The maximum atomic E-state index is 13.1. The number of aliphatic hydroxyl groups excluding tert-OH is 2. The molecule has 6 heteroatoms. The van der Waals surface area contributed by atoms with E-state index in [0.29, 0.717) is 19.3 Å². The lowest BCUT2D eigenvalue weighted by Crippen LogP contribution is -2.46. The summed E-state index contributed by atoms with van der Waals surface area (Å²) in [5.41, 5.74) is 0. The van der Waals surface area contributed by atoms with E-state index in [1.54, 1.807) is 0 Å². The molecule has 3 unspecified atom stereocenters. The Labute approximate surface area is 339 Å². The molecule has 0 saturated carbocycles. The summed E-state index contributed by atoms with van der Waals surface area (Å²) < 4.78 is 5.83. The van der Waals surface area contributed by atoms with E-state index in [2.05, 4.69) is 86.8 Å². The van der Waals surface area contributed by atoms with Gasteiger partial charge >= 0.3 is 5.97 Å². The third kappa shape index (κ3) is 38.0. The molecule has 0 rings (SSSR count). The third-order valence-electron chi connectivity index (χ3n) is 9.77. The topological polar surface area (TPSA) is 95.9 Å². The molecule has 0 aromatic heterocycles. The number of aliphatic hydroxyl groups is 2. The van der Waals surface area contributed by atoms with Crippen LogP contribution in [0.3, 0.4) is 0 Å². The Morgan fingerprint density at radius 2 is 1.02 bits per heavy atom. The smallest absolute Gasteiger partial charge is 0.306 e. The number of ether oxygens (including phenoxy) is 1. The van der Waals surface area contributed by atoms with Crippen LogP contribution in [0.1, 0.15) is 201 Å². The Morgan fingerprint density at radius 3 is 1.56 bits per heavy atom. The van der Waals surface area contributed by atoms with Crippen molar-refractivity contribution in [1.29, 1.82) is 0 Å². The first-order chi connectivity index (χ1) is 27.0. The van der Waals surface area contributed by atoms with Crippen LogP contribution in [-0.2, 0) is 14.3 Å². The van der Waals surface area contributed by atoms with Crippen LogP contribution in [0.2, 0.25) is 0 Å². The second kappa shape index (κ2) is 42.4. The number of carbonyl (C=O) groups excluding carboxylic acids is 2. The molecular formula is C49H85NO5. The van der Waals surface area contributed by atoms with Crippen LogP contribution in [0.4, 0.5) is 0 Å². The average Bonchev–Trinajstić information content (AvgIpc) is 3.18. The summed E-state index contributed by atoms with van der Waals surface area (Å²) in [6.45, 7) is 6.27. The van der Waals surface area contributed by atoms with Crippen molar-refractivity contribution in [2.45, 2.75) is 219 Å². The van der Waals surface area contributed by atoms with Crippen LogP contribution in [0.15, 0.2) is 72.9 Å². The van der Waals surface area contributed by atoms with E-state index in [-0.39, 0.29) is 24.9 Å². The minimum atomic E-state index is -0.813. The first-order valence-electron chi connectivity index (χ1n) is 22.7. The Kier molecular flexibility index (Phi) is 40.4. The van der Waals surface area contributed by atoms with Gasteiger partial charge in [-0.3, -0.25) is 9.59 Å². The number of esters is 1. The summed E-state index contributed by atoms with van der Waals surface area (Å²) in [5, 5.41) is 23.5. The number of hydrogen-bond donors (Lipinski definition) is 3. The van der Waals surface area contributed by atoms with Crippen molar-refractivity contribution in [3.63, 3.8) is 0 Å². The number of amides is 1. The molecule has 0 radical (unpaired) electrons. The van der Waals surface area contributed by atoms with Gasteiger partial charge in [0.15, 0.2) is 0 Å². The van der Waals surface area contributed by atoms with Crippen molar-refractivity contribution in [3.05, 3.63) is 72.9 Å². The van der Waals surface area contributed by atoms with E-state index in [1.807, 2.05) is 12.2 Å². The summed E-state index contributed by atoms with van der Waals surface area (Å²) in [6.07, 6.45) is 52.6. The second-order valence-corrected chi connectivity index (χ2v) is 15.1. The molecule has 0 aliphatic heterocycles. The molecule has 0 heterocycles. The quantitative estimate of drug-likeness (QED) is 0.0329. The molecule has 0 fully saturated rings. The van der Waals surface area contributed by atoms with E-state index in [1.165, 1.54) is 70.6 Å². The monoisotopic (exact) mass is 768 g/mol. The van der Waals surface area contributed by atoms with Gasteiger partial charge in [0.2, 0.25) is 5.91 Å². The Morgan fingerprint density at radius 1 is 0.564 bits per heavy atom. The highest BCUT2D eigenvalue weighted by atomic mass is 16.5. The van der Waals surface area contributed by atoms with Crippen molar-refractivity contribution in [1.82, 2.24) is 5.32 Å². The zero-order valence-electron chi connectivity index (χ0n) is 35.8. The number of carbonyl (C=O) groups is 2. The van der Waals surface area contributed by atoms with E-state index in [4.69, 9.17) is 4.74 Å². The van der Waals surface area contributed by atoms with Crippen LogP contribution in [0.5, 0.6) is 0 Å². The Balaban J connectivity index is 4.80. The number of hydrogen-bond acceptors (Lipinski definition) is 5. The normalized spacial score (nSPS) is 14.1. The van der Waals surface area contributed by atoms with Gasteiger partial charge in [-0.25, -0.2) is 0 Å². The standard InChI is InChI=1S/C49H85NO5/c1-4-7-10-13-16-19-21-23-24-25-26-29-31-34-37-40-45(55-49(54)42-39-36-33-30-27-22-20-17-14-11-8-5-2)43-48(53)50-46(44-51)47(52)41-38-35-32-28-18-15-12-9-6-3/h7,10,16-17,19-20,23-24,26,29,34,37,45-47,51-52H,4-6,8-9,11-15,18,21-22,25,27-28,30-33,35-36,38-44H2,1-3H3,(H,50,53)/b10-7-,19-16-,20-17-,24-23-,29-26-,37-34-. The molecule has 0 saturated heterocycles. The van der Waals surface area contributed by atoms with Gasteiger partial charge in [0.05, 0.1) is 25.2 Å². The van der Waals surface area contributed by atoms with E-state index < -0.39 is 18.2 Å². The number of rotatable bonds is 39. The number of nitrogens with one attached hydrogen (secondary N) is 1. The molecule has 1 amide bonds. The van der Waals surface area contributed by atoms with Gasteiger partial charge in [0.1, 0.15) is 6.10 Å². The van der Waals surface area contributed by atoms with Gasteiger partial charge in [-0.1, -0.05) is 184 Å². The molecule has 0 aliphatic rings. The lowest BCUT2D eigenvalue weighted by Gasteiger charge is -2.24. The highest BCUT2D eigenvalue weighted by Gasteiger charge is 2.23. The summed E-state index contributed by atoms with van der Waals surface area (Å²) in [6, 6.07) is -0.733. The van der Waals surface area contributed by atoms with Gasteiger partial charge in [-0.2, -0.15) is 0 Å². The second-order valence-electron chi connectivity index (χ2n) is 15.1. The number of allylic oxidation sites excluding steroid dienone is 11. The van der Waals surface area contributed by atoms with E-state index >= 15 is 0 Å². The minimum Gasteiger partial charge on any atom is -0.461 e. The average molecular weight is 768 g/mol. The van der Waals surface area contributed by atoms with Crippen LogP contribution in [-0.4, -0.2) is 46.9 Å². The summed E-state index contributed by atoms with van der Waals surface area (Å²) in [4.78, 5) is 25.9. The predicted molar refractivity (Wildman–Crippen MR) is 236 cm³/mol. The Bertz CT molecular complexity index is 1040. The van der Waals surface area contributed by atoms with Crippen LogP contribution in [0, 0.1) is 0 Å². The SMILES string of the molecule is CC/C=C\C/C=C\C/C=C\C/C=C\C/C=C\CC(CC(=O)NC(CO)C(O)CCCCCCCCCCC)OC(=O)CCCCCCC/C=C\CCCCC. The van der Waals surface area contributed by atoms with E-state index in [9.17, 15) is 19.8 Å². The lowest BCUT2D eigenvalue weighted by molar-refractivity contribution is -0.150. The maximum Gasteiger partial charge on any atom is 0.306 e. The van der Waals surface area contributed by atoms with Gasteiger partial charge in [-0.15, -0.1) is 0 Å². The predicted octanol–water partition coefficient (Wildman–Crippen LogP) is 13.1. The van der Waals surface area contributed by atoms with Crippen LogP contribution < -0.4 is 5.32 Å². The lowest BCUT2D eigenvalue weighted by atomic mass is 10.0. The largest absolute Gasteiger partial charge is 0.461 e. The molecule has 3 atom stereocenters. The molecule has 6 nitrogen and oxygen atoms in total. The first kappa shape index (κ1) is 52.3. The summed E-state index contributed by atoms with van der Waals surface area (Å²) in [5.74, 6) is -0.598. The molecule has 0 aromatic carbocycles. The molecule has 55 heavy (non-hydrogen) atoms. The fraction of sp³-hybridized carbons (Fsp3) is 0.714. The zero-order chi connectivity index (χ0) is 40.3. The fourth-order valence-corrected chi connectivity index (χ4v) is 6.33. The number of unbranched alkanes of at least 4 members (excludes halogenated alkanes) is 16. The third-order valence-corrected chi connectivity index (χ3v) is 9.77. The summed E-state index contributed by atoms with van der Waals surface area (Å²) in [7, 11) is 0. The maximum absolute atomic E-state index is 13.1. The molecular weight excluding hydrogens is 683 g/mol. The highest BCUT2D eigenvalue weighted by molar-refractivity contribution is 5.77. The van der Waals surface area contributed by atoms with Gasteiger partial charge in [-0.05, 0) is 70.6 Å². The molecule has 0 bridgehead atoms. The minimum absolute atomic E-state index is 0.00668.